The zero-order chi connectivity index (χ0) is 20.8. The molecule has 1 aromatic carbocycles. The van der Waals surface area contributed by atoms with Crippen molar-refractivity contribution in [3.8, 4) is 0 Å². The molecule has 7 nitrogen and oxygen atoms in total. The molecule has 0 spiro atoms. The van der Waals surface area contributed by atoms with E-state index >= 15 is 0 Å². The van der Waals surface area contributed by atoms with Crippen molar-refractivity contribution >= 4 is 17.7 Å². The highest BCUT2D eigenvalue weighted by Gasteiger charge is 2.36. The van der Waals surface area contributed by atoms with Gasteiger partial charge in [0.2, 0.25) is 0 Å². The lowest BCUT2D eigenvalue weighted by Crippen LogP contribution is -2.47. The maximum absolute atomic E-state index is 13.3. The first kappa shape index (κ1) is 20.5. The van der Waals surface area contributed by atoms with Crippen LogP contribution in [0.1, 0.15) is 36.2 Å². The fourth-order valence-electron chi connectivity index (χ4n) is 3.54. The summed E-state index contributed by atoms with van der Waals surface area (Å²) in [4.78, 5) is 52.3. The number of aromatic nitrogens is 1. The molecule has 0 aliphatic carbocycles. The molecule has 1 aliphatic rings. The molecule has 2 aromatic rings. The van der Waals surface area contributed by atoms with Gasteiger partial charge in [0.25, 0.3) is 11.5 Å². The van der Waals surface area contributed by atoms with Crippen molar-refractivity contribution in [2.24, 2.45) is 5.92 Å². The summed E-state index contributed by atoms with van der Waals surface area (Å²) in [6.45, 7) is 2.75. The number of hydrogen-bond donors (Lipinski definition) is 0. The summed E-state index contributed by atoms with van der Waals surface area (Å²) in [7, 11) is 0. The minimum Gasteiger partial charge on any atom is -0.466 e. The van der Waals surface area contributed by atoms with E-state index in [1.165, 1.54) is 16.8 Å². The van der Waals surface area contributed by atoms with Crippen LogP contribution in [0.2, 0.25) is 0 Å². The zero-order valence-corrected chi connectivity index (χ0v) is 16.3. The van der Waals surface area contributed by atoms with Crippen molar-refractivity contribution in [1.29, 1.82) is 0 Å². The Labute approximate surface area is 168 Å². The molecule has 1 amide bonds. The van der Waals surface area contributed by atoms with Gasteiger partial charge in [0.05, 0.1) is 12.5 Å². The zero-order valence-electron chi connectivity index (χ0n) is 16.3. The van der Waals surface area contributed by atoms with Crippen LogP contribution in [0.15, 0.2) is 59.5 Å². The van der Waals surface area contributed by atoms with Crippen molar-refractivity contribution in [1.82, 2.24) is 9.47 Å². The second-order valence-corrected chi connectivity index (χ2v) is 6.93. The number of piperidine rings is 1. The van der Waals surface area contributed by atoms with Gasteiger partial charge in [0.1, 0.15) is 0 Å². The van der Waals surface area contributed by atoms with Gasteiger partial charge < -0.3 is 9.64 Å². The lowest BCUT2D eigenvalue weighted by atomic mass is 9.95. The highest BCUT2D eigenvalue weighted by molar-refractivity contribution is 6.11. The normalized spacial score (nSPS) is 15.6. The predicted molar refractivity (Wildman–Crippen MR) is 106 cm³/mol. The number of ether oxygens (including phenoxy) is 1. The number of carbonyl (C=O) groups excluding carboxylic acids is 3. The van der Waals surface area contributed by atoms with Gasteiger partial charge in [-0.25, -0.2) is 0 Å². The first-order chi connectivity index (χ1) is 14.0. The second kappa shape index (κ2) is 9.32. The van der Waals surface area contributed by atoms with Crippen LogP contribution in [-0.2, 0) is 14.3 Å². The molecular weight excluding hydrogens is 372 g/mol. The van der Waals surface area contributed by atoms with Gasteiger partial charge >= 0.3 is 5.97 Å². The number of rotatable bonds is 6. The van der Waals surface area contributed by atoms with Gasteiger partial charge in [0, 0.05) is 30.9 Å². The van der Waals surface area contributed by atoms with Crippen LogP contribution < -0.4 is 5.56 Å². The average Bonchev–Trinajstić information content (AvgIpc) is 2.76. The number of carbonyl (C=O) groups is 3. The maximum atomic E-state index is 13.3. The molecule has 7 heteroatoms. The number of Topliss-reactive ketones (excluding diaryl/α,β-unsaturated/α-hetero) is 1. The molecule has 29 heavy (non-hydrogen) atoms. The fraction of sp³-hybridized carbons (Fsp3) is 0.364. The summed E-state index contributed by atoms with van der Waals surface area (Å²) in [5.74, 6) is -1.37. The Hall–Kier alpha value is -3.22. The van der Waals surface area contributed by atoms with E-state index in [0.717, 1.165) is 0 Å². The van der Waals surface area contributed by atoms with Crippen LogP contribution in [0.25, 0.3) is 0 Å². The van der Waals surface area contributed by atoms with Gasteiger partial charge in [-0.05, 0) is 25.8 Å². The van der Waals surface area contributed by atoms with Gasteiger partial charge in [-0.1, -0.05) is 36.4 Å². The molecule has 0 saturated carbocycles. The third-order valence-electron chi connectivity index (χ3n) is 5.10. The predicted octanol–water partition coefficient (Wildman–Crippen LogP) is 2.07. The highest BCUT2D eigenvalue weighted by Crippen LogP contribution is 2.23. The molecule has 0 bridgehead atoms. The van der Waals surface area contributed by atoms with Crippen LogP contribution in [-0.4, -0.2) is 46.8 Å². The van der Waals surface area contributed by atoms with Crippen molar-refractivity contribution in [2.75, 3.05) is 19.7 Å². The Morgan fingerprint density at radius 1 is 1.03 bits per heavy atom. The number of amides is 1. The number of nitrogens with zero attached hydrogens (tertiary/aromatic N) is 2. The summed E-state index contributed by atoms with van der Waals surface area (Å²) >= 11 is 0. The van der Waals surface area contributed by atoms with Crippen LogP contribution in [0.5, 0.6) is 0 Å². The van der Waals surface area contributed by atoms with E-state index in [1.807, 2.05) is 0 Å². The minimum absolute atomic E-state index is 0.248. The second-order valence-electron chi connectivity index (χ2n) is 6.93. The number of pyridine rings is 1. The topological polar surface area (TPSA) is 85.7 Å². The van der Waals surface area contributed by atoms with Crippen molar-refractivity contribution in [2.45, 2.75) is 25.8 Å². The van der Waals surface area contributed by atoms with Crippen LogP contribution in [0, 0.1) is 5.92 Å². The maximum Gasteiger partial charge on any atom is 0.309 e. The largest absolute Gasteiger partial charge is 0.466 e. The number of hydrogen-bond acceptors (Lipinski definition) is 5. The SMILES string of the molecule is CCOC(=O)C1CCN(C(=O)C(C(=O)c2ccccc2)n2ccccc2=O)CC1. The molecule has 1 fully saturated rings. The third-order valence-corrected chi connectivity index (χ3v) is 5.10. The summed E-state index contributed by atoms with van der Waals surface area (Å²) in [6, 6.07) is 11.7. The number of ketones is 1. The highest BCUT2D eigenvalue weighted by atomic mass is 16.5. The van der Waals surface area contributed by atoms with Gasteiger partial charge in [-0.15, -0.1) is 0 Å². The Kier molecular flexibility index (Phi) is 6.59. The average molecular weight is 396 g/mol. The van der Waals surface area contributed by atoms with E-state index in [2.05, 4.69) is 0 Å². The molecule has 1 aromatic heterocycles. The lowest BCUT2D eigenvalue weighted by Gasteiger charge is -2.33. The molecule has 152 valence electrons. The number of benzene rings is 1. The van der Waals surface area contributed by atoms with Crippen molar-refractivity contribution in [3.63, 3.8) is 0 Å². The molecule has 3 rings (SSSR count). The van der Waals surface area contributed by atoms with E-state index in [9.17, 15) is 19.2 Å². The Balaban J connectivity index is 1.84. The summed E-state index contributed by atoms with van der Waals surface area (Å²) in [5.41, 5.74) is -0.0560. The summed E-state index contributed by atoms with van der Waals surface area (Å²) in [6.07, 6.45) is 2.40. The molecule has 0 N–H and O–H groups in total. The molecule has 0 radical (unpaired) electrons. The Morgan fingerprint density at radius 3 is 2.31 bits per heavy atom. The van der Waals surface area contributed by atoms with E-state index < -0.39 is 23.3 Å². The fourth-order valence-corrected chi connectivity index (χ4v) is 3.54. The van der Waals surface area contributed by atoms with Crippen LogP contribution in [0.4, 0.5) is 0 Å². The Morgan fingerprint density at radius 2 is 1.69 bits per heavy atom. The van der Waals surface area contributed by atoms with Crippen molar-refractivity contribution < 1.29 is 19.1 Å². The quantitative estimate of drug-likeness (QED) is 0.424. The van der Waals surface area contributed by atoms with Crippen molar-refractivity contribution in [3.05, 3.63) is 70.6 Å². The number of esters is 1. The molecule has 1 saturated heterocycles. The first-order valence-electron chi connectivity index (χ1n) is 9.74. The molecule has 1 atom stereocenters. The van der Waals surface area contributed by atoms with E-state index in [1.54, 1.807) is 54.3 Å². The van der Waals surface area contributed by atoms with E-state index in [0.29, 0.717) is 38.1 Å². The standard InChI is InChI=1S/C22H24N2O5/c1-2-29-22(28)17-11-14-23(15-12-17)21(27)19(24-13-7-6-10-18(24)25)20(26)16-8-4-3-5-9-16/h3-10,13,17,19H,2,11-12,14-15H2,1H3. The van der Waals surface area contributed by atoms with Crippen LogP contribution in [0.3, 0.4) is 0 Å². The molecule has 2 heterocycles. The third kappa shape index (κ3) is 4.62. The number of likely N-dealkylation sites (tertiary alicyclic amines) is 1. The lowest BCUT2D eigenvalue weighted by molar-refractivity contribution is -0.151. The summed E-state index contributed by atoms with van der Waals surface area (Å²) < 4.78 is 6.24. The summed E-state index contributed by atoms with van der Waals surface area (Å²) in [5, 5.41) is 0. The first-order valence-corrected chi connectivity index (χ1v) is 9.74. The van der Waals surface area contributed by atoms with E-state index in [-0.39, 0.29) is 11.9 Å². The minimum atomic E-state index is -1.27. The molecule has 1 aliphatic heterocycles. The molecular formula is C22H24N2O5. The monoisotopic (exact) mass is 396 g/mol. The van der Waals surface area contributed by atoms with Gasteiger partial charge in [-0.3, -0.25) is 23.7 Å². The smallest absolute Gasteiger partial charge is 0.309 e. The van der Waals surface area contributed by atoms with Gasteiger partial charge in [0.15, 0.2) is 11.8 Å². The van der Waals surface area contributed by atoms with Gasteiger partial charge in [-0.2, -0.15) is 0 Å². The van der Waals surface area contributed by atoms with Crippen LogP contribution >= 0.6 is 0 Å². The van der Waals surface area contributed by atoms with E-state index in [4.69, 9.17) is 4.74 Å². The Bertz CT molecular complexity index is 929. The molecule has 1 unspecified atom stereocenters.